The molecule has 0 aromatic carbocycles. The highest BCUT2D eigenvalue weighted by Crippen LogP contribution is 1.96. The van der Waals surface area contributed by atoms with Gasteiger partial charge in [-0.3, -0.25) is 4.90 Å². The zero-order valence-corrected chi connectivity index (χ0v) is 8.97. The van der Waals surface area contributed by atoms with Crippen LogP contribution >= 0.6 is 0 Å². The molecule has 0 aromatic heterocycles. The van der Waals surface area contributed by atoms with Crippen molar-refractivity contribution in [2.75, 3.05) is 39.4 Å². The first-order valence-corrected chi connectivity index (χ1v) is 5.43. The third-order valence-electron chi connectivity index (χ3n) is 2.44. The van der Waals surface area contributed by atoms with Crippen molar-refractivity contribution in [1.29, 1.82) is 0 Å². The van der Waals surface area contributed by atoms with E-state index in [1.807, 2.05) is 0 Å². The summed E-state index contributed by atoms with van der Waals surface area (Å²) in [6, 6.07) is 0. The van der Waals surface area contributed by atoms with Crippen LogP contribution < -0.4 is 10.6 Å². The van der Waals surface area contributed by atoms with E-state index in [0.29, 0.717) is 0 Å². The van der Waals surface area contributed by atoms with Crippen LogP contribution in [0.25, 0.3) is 0 Å². The van der Waals surface area contributed by atoms with E-state index in [2.05, 4.69) is 29.4 Å². The van der Waals surface area contributed by atoms with Crippen LogP contribution in [0.4, 0.5) is 0 Å². The Morgan fingerprint density at radius 3 is 2.62 bits per heavy atom. The third-order valence-corrected chi connectivity index (χ3v) is 2.44. The maximum atomic E-state index is 3.48. The summed E-state index contributed by atoms with van der Waals surface area (Å²) in [5.41, 5.74) is 0. The van der Waals surface area contributed by atoms with E-state index in [-0.39, 0.29) is 0 Å². The predicted molar refractivity (Wildman–Crippen MR) is 56.8 cm³/mol. The van der Waals surface area contributed by atoms with E-state index in [4.69, 9.17) is 0 Å². The Morgan fingerprint density at radius 1 is 1.31 bits per heavy atom. The van der Waals surface area contributed by atoms with Gasteiger partial charge in [0.2, 0.25) is 0 Å². The molecule has 3 heteroatoms. The van der Waals surface area contributed by atoms with Crippen LogP contribution in [0.3, 0.4) is 0 Å². The molecule has 0 aromatic rings. The Labute approximate surface area is 81.9 Å². The normalized spacial score (nSPS) is 19.6. The molecule has 0 unspecified atom stereocenters. The maximum Gasteiger partial charge on any atom is 0.0481 e. The standard InChI is InChI=1S/C10H23N3/c1-10(2)3-4-12-9-13-7-5-11-6-8-13/h10-12H,3-9H2,1-2H3. The second-order valence-corrected chi connectivity index (χ2v) is 4.21. The Morgan fingerprint density at radius 2 is 2.00 bits per heavy atom. The van der Waals surface area contributed by atoms with E-state index in [0.717, 1.165) is 32.2 Å². The Hall–Kier alpha value is -0.120. The highest BCUT2D eigenvalue weighted by molar-refractivity contribution is 4.66. The fourth-order valence-electron chi connectivity index (χ4n) is 1.50. The summed E-state index contributed by atoms with van der Waals surface area (Å²) in [5.74, 6) is 0.815. The summed E-state index contributed by atoms with van der Waals surface area (Å²) in [4.78, 5) is 2.47. The molecule has 78 valence electrons. The molecule has 1 fully saturated rings. The van der Waals surface area contributed by atoms with Crippen LogP contribution in [0.1, 0.15) is 20.3 Å². The minimum Gasteiger partial charge on any atom is -0.314 e. The van der Waals surface area contributed by atoms with Gasteiger partial charge in [0.25, 0.3) is 0 Å². The molecule has 0 bridgehead atoms. The molecule has 13 heavy (non-hydrogen) atoms. The van der Waals surface area contributed by atoms with Crippen molar-refractivity contribution >= 4 is 0 Å². The van der Waals surface area contributed by atoms with E-state index >= 15 is 0 Å². The average molecular weight is 185 g/mol. The van der Waals surface area contributed by atoms with Crippen molar-refractivity contribution in [3.63, 3.8) is 0 Å². The van der Waals surface area contributed by atoms with Gasteiger partial charge in [0.05, 0.1) is 0 Å². The van der Waals surface area contributed by atoms with Crippen molar-refractivity contribution in [1.82, 2.24) is 15.5 Å². The lowest BCUT2D eigenvalue weighted by Gasteiger charge is -2.27. The summed E-state index contributed by atoms with van der Waals surface area (Å²) >= 11 is 0. The molecule has 0 saturated carbocycles. The lowest BCUT2D eigenvalue weighted by atomic mass is 10.1. The lowest BCUT2D eigenvalue weighted by molar-refractivity contribution is 0.222. The molecule has 0 amide bonds. The SMILES string of the molecule is CC(C)CCNCN1CCNCC1. The number of nitrogens with zero attached hydrogens (tertiary/aromatic N) is 1. The van der Waals surface area contributed by atoms with Gasteiger partial charge in [-0.15, -0.1) is 0 Å². The summed E-state index contributed by atoms with van der Waals surface area (Å²) in [7, 11) is 0. The molecular formula is C10H23N3. The second-order valence-electron chi connectivity index (χ2n) is 4.21. The first kappa shape index (κ1) is 11.0. The molecule has 0 aliphatic carbocycles. The quantitative estimate of drug-likeness (QED) is 0.610. The Kier molecular flexibility index (Phi) is 5.35. The van der Waals surface area contributed by atoms with E-state index < -0.39 is 0 Å². The Balaban J connectivity index is 1.92. The molecule has 2 N–H and O–H groups in total. The zero-order chi connectivity index (χ0) is 9.52. The van der Waals surface area contributed by atoms with Gasteiger partial charge in [0.15, 0.2) is 0 Å². The van der Waals surface area contributed by atoms with Gasteiger partial charge in [-0.05, 0) is 18.9 Å². The van der Waals surface area contributed by atoms with E-state index in [9.17, 15) is 0 Å². The summed E-state index contributed by atoms with van der Waals surface area (Å²) < 4.78 is 0. The molecule has 3 nitrogen and oxygen atoms in total. The number of rotatable bonds is 5. The minimum atomic E-state index is 0.815. The number of nitrogens with one attached hydrogen (secondary N) is 2. The third kappa shape index (κ3) is 5.24. The first-order chi connectivity index (χ1) is 6.29. The van der Waals surface area contributed by atoms with Gasteiger partial charge in [-0.1, -0.05) is 13.8 Å². The average Bonchev–Trinajstić information content (AvgIpc) is 2.14. The smallest absolute Gasteiger partial charge is 0.0481 e. The van der Waals surface area contributed by atoms with Crippen LogP contribution in [-0.4, -0.2) is 44.3 Å². The molecule has 1 heterocycles. The molecule has 1 aliphatic rings. The van der Waals surface area contributed by atoms with Gasteiger partial charge in [-0.2, -0.15) is 0 Å². The molecule has 1 aliphatic heterocycles. The van der Waals surface area contributed by atoms with Crippen molar-refractivity contribution in [3.05, 3.63) is 0 Å². The number of hydrogen-bond donors (Lipinski definition) is 2. The zero-order valence-electron chi connectivity index (χ0n) is 8.97. The predicted octanol–water partition coefficient (Wildman–Crippen LogP) is 0.485. The van der Waals surface area contributed by atoms with Crippen LogP contribution in [0.2, 0.25) is 0 Å². The van der Waals surface area contributed by atoms with Crippen molar-refractivity contribution in [2.24, 2.45) is 5.92 Å². The van der Waals surface area contributed by atoms with Gasteiger partial charge in [0, 0.05) is 32.8 Å². The number of hydrogen-bond acceptors (Lipinski definition) is 3. The molecular weight excluding hydrogens is 162 g/mol. The summed E-state index contributed by atoms with van der Waals surface area (Å²) in [5, 5.41) is 6.84. The lowest BCUT2D eigenvalue weighted by Crippen LogP contribution is -2.47. The monoisotopic (exact) mass is 185 g/mol. The van der Waals surface area contributed by atoms with E-state index in [1.165, 1.54) is 19.5 Å². The van der Waals surface area contributed by atoms with Gasteiger partial charge in [-0.25, -0.2) is 0 Å². The Bertz CT molecular complexity index is 119. The van der Waals surface area contributed by atoms with Crippen molar-refractivity contribution in [2.45, 2.75) is 20.3 Å². The van der Waals surface area contributed by atoms with Gasteiger partial charge >= 0.3 is 0 Å². The fraction of sp³-hybridized carbons (Fsp3) is 1.00. The minimum absolute atomic E-state index is 0.815. The molecule has 0 atom stereocenters. The van der Waals surface area contributed by atoms with Crippen LogP contribution in [0, 0.1) is 5.92 Å². The summed E-state index contributed by atoms with van der Waals surface area (Å²) in [6.07, 6.45) is 1.28. The van der Waals surface area contributed by atoms with Crippen molar-refractivity contribution < 1.29 is 0 Å². The van der Waals surface area contributed by atoms with E-state index in [1.54, 1.807) is 0 Å². The number of piperazine rings is 1. The summed E-state index contributed by atoms with van der Waals surface area (Å²) in [6.45, 7) is 11.4. The molecule has 1 rings (SSSR count). The maximum absolute atomic E-state index is 3.48. The molecule has 0 spiro atoms. The van der Waals surface area contributed by atoms with Gasteiger partial charge in [0.1, 0.15) is 0 Å². The second kappa shape index (κ2) is 6.35. The fourth-order valence-corrected chi connectivity index (χ4v) is 1.50. The first-order valence-electron chi connectivity index (χ1n) is 5.43. The topological polar surface area (TPSA) is 27.3 Å². The van der Waals surface area contributed by atoms with Crippen molar-refractivity contribution in [3.8, 4) is 0 Å². The largest absolute Gasteiger partial charge is 0.314 e. The highest BCUT2D eigenvalue weighted by atomic mass is 15.2. The molecule has 0 radical (unpaired) electrons. The van der Waals surface area contributed by atoms with Crippen LogP contribution in [-0.2, 0) is 0 Å². The molecule has 1 saturated heterocycles. The van der Waals surface area contributed by atoms with Crippen LogP contribution in [0.15, 0.2) is 0 Å². The highest BCUT2D eigenvalue weighted by Gasteiger charge is 2.07. The van der Waals surface area contributed by atoms with Crippen LogP contribution in [0.5, 0.6) is 0 Å². The van der Waals surface area contributed by atoms with Gasteiger partial charge < -0.3 is 10.6 Å².